The van der Waals surface area contributed by atoms with Crippen molar-refractivity contribution in [2.24, 2.45) is 0 Å². The summed E-state index contributed by atoms with van der Waals surface area (Å²) in [5.74, 6) is 0. The lowest BCUT2D eigenvalue weighted by Gasteiger charge is -1.88. The van der Waals surface area contributed by atoms with Gasteiger partial charge in [0.15, 0.2) is 0 Å². The van der Waals surface area contributed by atoms with Gasteiger partial charge in [-0.2, -0.15) is 0 Å². The fourth-order valence-corrected chi connectivity index (χ4v) is 0.692. The molecule has 0 aliphatic heterocycles. The number of rotatable bonds is 0. The van der Waals surface area contributed by atoms with E-state index in [-0.39, 0.29) is 0 Å². The zero-order valence-corrected chi connectivity index (χ0v) is 5.02. The second-order valence-corrected chi connectivity index (χ2v) is 1.75. The van der Waals surface area contributed by atoms with Crippen LogP contribution in [0.1, 0.15) is 0 Å². The van der Waals surface area contributed by atoms with Crippen LogP contribution in [0.15, 0.2) is 18.6 Å². The van der Waals surface area contributed by atoms with E-state index in [0.29, 0.717) is 5.52 Å². The van der Waals surface area contributed by atoms with Gasteiger partial charge in [0, 0.05) is 6.20 Å². The number of pyridine rings is 1. The van der Waals surface area contributed by atoms with Crippen LogP contribution in [0.2, 0.25) is 0 Å². The molecule has 0 saturated heterocycles. The van der Waals surface area contributed by atoms with Crippen molar-refractivity contribution in [3.8, 4) is 0 Å². The quantitative estimate of drug-likeness (QED) is 0.513. The molecule has 0 unspecified atom stereocenters. The first-order chi connectivity index (χ1) is 4.97. The van der Waals surface area contributed by atoms with Gasteiger partial charge in [0.1, 0.15) is 18.0 Å². The van der Waals surface area contributed by atoms with Gasteiger partial charge in [-0.05, 0) is 6.07 Å². The third kappa shape index (κ3) is 0.699. The second kappa shape index (κ2) is 1.98. The summed E-state index contributed by atoms with van der Waals surface area (Å²) in [6, 6.07) is 1.76. The van der Waals surface area contributed by atoms with Crippen LogP contribution in [0.3, 0.4) is 0 Å². The molecule has 0 bridgehead atoms. The Morgan fingerprint density at radius 1 is 1.40 bits per heavy atom. The molecule has 0 aliphatic carbocycles. The van der Waals surface area contributed by atoms with Crippen molar-refractivity contribution in [3.63, 3.8) is 0 Å². The topological polar surface area (TPSA) is 51.6 Å². The highest BCUT2D eigenvalue weighted by Gasteiger charge is 1.91. The molecule has 2 aromatic rings. The Kier molecular flexibility index (Phi) is 1.04. The van der Waals surface area contributed by atoms with E-state index >= 15 is 0 Å². The van der Waals surface area contributed by atoms with Crippen molar-refractivity contribution in [3.05, 3.63) is 24.8 Å². The average molecular weight is 131 g/mol. The summed E-state index contributed by atoms with van der Waals surface area (Å²) in [5, 5.41) is 7.33. The summed E-state index contributed by atoms with van der Waals surface area (Å²) < 4.78 is 0. The lowest BCUT2D eigenvalue weighted by molar-refractivity contribution is 1.01. The first kappa shape index (κ1) is 5.22. The minimum Gasteiger partial charge on any atom is -0.252 e. The maximum Gasteiger partial charge on any atom is 0.139 e. The largest absolute Gasteiger partial charge is 0.252 e. The van der Waals surface area contributed by atoms with Gasteiger partial charge in [0.05, 0.1) is 5.52 Å². The highest BCUT2D eigenvalue weighted by Crippen LogP contribution is 2.00. The number of hydrogen-bond donors (Lipinski definition) is 0. The van der Waals surface area contributed by atoms with Crippen LogP contribution < -0.4 is 0 Å². The number of aromatic nitrogens is 4. The molecule has 0 amide bonds. The van der Waals surface area contributed by atoms with Gasteiger partial charge in [0.2, 0.25) is 0 Å². The molecular formula is C6H3N4. The van der Waals surface area contributed by atoms with Crippen molar-refractivity contribution in [1.29, 1.82) is 0 Å². The van der Waals surface area contributed by atoms with Gasteiger partial charge in [-0.15, -0.1) is 10.2 Å². The van der Waals surface area contributed by atoms with Gasteiger partial charge < -0.3 is 0 Å². The Morgan fingerprint density at radius 3 is 3.30 bits per heavy atom. The lowest BCUT2D eigenvalue weighted by atomic mass is 10.4. The van der Waals surface area contributed by atoms with Gasteiger partial charge >= 0.3 is 0 Å². The number of hydrogen-bond acceptors (Lipinski definition) is 4. The van der Waals surface area contributed by atoms with E-state index in [1.165, 1.54) is 6.33 Å². The molecule has 0 spiro atoms. The zero-order chi connectivity index (χ0) is 6.81. The van der Waals surface area contributed by atoms with Crippen molar-refractivity contribution in [2.75, 3.05) is 0 Å². The number of fused-ring (bicyclic) bond motifs is 1. The van der Waals surface area contributed by atoms with E-state index in [2.05, 4.69) is 26.4 Å². The zero-order valence-electron chi connectivity index (χ0n) is 5.02. The van der Waals surface area contributed by atoms with E-state index < -0.39 is 0 Å². The minimum absolute atomic E-state index is 0.602. The van der Waals surface area contributed by atoms with E-state index in [1.807, 2.05) is 0 Å². The Balaban J connectivity index is 2.89. The molecule has 4 heteroatoms. The molecule has 0 fully saturated rings. The normalized spacial score (nSPS) is 10.0. The van der Waals surface area contributed by atoms with Crippen molar-refractivity contribution in [2.45, 2.75) is 0 Å². The summed E-state index contributed by atoms with van der Waals surface area (Å²) in [6.45, 7) is 0. The van der Waals surface area contributed by atoms with E-state index in [9.17, 15) is 0 Å². The fourth-order valence-electron chi connectivity index (χ4n) is 0.692. The lowest BCUT2D eigenvalue weighted by Crippen LogP contribution is -1.86. The molecule has 4 nitrogen and oxygen atoms in total. The minimum atomic E-state index is 0.602. The molecule has 0 N–H and O–H groups in total. The van der Waals surface area contributed by atoms with Gasteiger partial charge in [0.25, 0.3) is 0 Å². The molecule has 0 atom stereocenters. The van der Waals surface area contributed by atoms with E-state index in [0.717, 1.165) is 5.52 Å². The Labute approximate surface area is 57.0 Å². The first-order valence-electron chi connectivity index (χ1n) is 2.77. The van der Waals surface area contributed by atoms with Crippen LogP contribution in [-0.2, 0) is 0 Å². The second-order valence-electron chi connectivity index (χ2n) is 1.75. The molecule has 2 rings (SSSR count). The van der Waals surface area contributed by atoms with Gasteiger partial charge in [-0.1, -0.05) is 0 Å². The predicted molar refractivity (Wildman–Crippen MR) is 34.0 cm³/mol. The smallest absolute Gasteiger partial charge is 0.139 e. The standard InChI is InChI=1S/C6H3N4/c1-2-7-3-6-5(1)8-4-9-10-6/h1-2,4H. The molecule has 2 aromatic heterocycles. The summed E-state index contributed by atoms with van der Waals surface area (Å²) in [6.07, 6.45) is 5.69. The molecule has 10 heavy (non-hydrogen) atoms. The Morgan fingerprint density at radius 2 is 2.40 bits per heavy atom. The summed E-state index contributed by atoms with van der Waals surface area (Å²) in [4.78, 5) is 7.68. The maximum absolute atomic E-state index is 3.94. The highest BCUT2D eigenvalue weighted by molar-refractivity contribution is 5.70. The summed E-state index contributed by atoms with van der Waals surface area (Å²) in [7, 11) is 0. The number of nitrogens with zero attached hydrogens (tertiary/aromatic N) is 4. The maximum atomic E-state index is 3.94. The molecule has 0 aliphatic rings. The molecule has 0 saturated carbocycles. The van der Waals surface area contributed by atoms with Crippen LogP contribution in [0.4, 0.5) is 0 Å². The summed E-state index contributed by atoms with van der Waals surface area (Å²) >= 11 is 0. The first-order valence-corrected chi connectivity index (χ1v) is 2.77. The Bertz CT molecular complexity index is 281. The molecule has 2 heterocycles. The highest BCUT2D eigenvalue weighted by atomic mass is 15.1. The third-order valence-corrected chi connectivity index (χ3v) is 1.13. The summed E-state index contributed by atoms with van der Waals surface area (Å²) in [5.41, 5.74) is 1.37. The van der Waals surface area contributed by atoms with Crippen LogP contribution in [0.5, 0.6) is 0 Å². The van der Waals surface area contributed by atoms with Crippen molar-refractivity contribution in [1.82, 2.24) is 20.2 Å². The fraction of sp³-hybridized carbons (Fsp3) is 0. The monoisotopic (exact) mass is 131 g/mol. The Hall–Kier alpha value is -1.58. The van der Waals surface area contributed by atoms with Crippen LogP contribution >= 0.6 is 0 Å². The third-order valence-electron chi connectivity index (χ3n) is 1.13. The van der Waals surface area contributed by atoms with Crippen LogP contribution in [0.25, 0.3) is 11.0 Å². The molecule has 1 radical (unpaired) electrons. The average Bonchev–Trinajstić information content (AvgIpc) is 2.05. The SMILES string of the molecule is [c]1nccc2ncnnc12. The van der Waals surface area contributed by atoms with Crippen molar-refractivity contribution < 1.29 is 0 Å². The molecule has 0 aromatic carbocycles. The van der Waals surface area contributed by atoms with E-state index in [1.54, 1.807) is 12.3 Å². The van der Waals surface area contributed by atoms with Crippen molar-refractivity contribution >= 4 is 11.0 Å². The molecular weight excluding hydrogens is 128 g/mol. The van der Waals surface area contributed by atoms with Gasteiger partial charge in [-0.25, -0.2) is 4.98 Å². The predicted octanol–water partition coefficient (Wildman–Crippen LogP) is 0.220. The van der Waals surface area contributed by atoms with Crippen LogP contribution in [-0.4, -0.2) is 20.2 Å². The molecule has 47 valence electrons. The van der Waals surface area contributed by atoms with E-state index in [4.69, 9.17) is 0 Å². The van der Waals surface area contributed by atoms with Crippen LogP contribution in [0, 0.1) is 6.20 Å². The van der Waals surface area contributed by atoms with Gasteiger partial charge in [-0.3, -0.25) is 4.98 Å².